The van der Waals surface area contributed by atoms with E-state index < -0.39 is 0 Å². The molecule has 0 aliphatic carbocycles. The van der Waals surface area contributed by atoms with Crippen molar-refractivity contribution in [3.63, 3.8) is 0 Å². The molecule has 1 aliphatic rings. The van der Waals surface area contributed by atoms with Gasteiger partial charge in [-0.3, -0.25) is 0 Å². The largest absolute Gasteiger partial charge is 0.496 e. The highest BCUT2D eigenvalue weighted by atomic mass is 16.5. The molecule has 122 valence electrons. The molecular formula is C17H22N4O2. The number of morpholine rings is 1. The highest BCUT2D eigenvalue weighted by Crippen LogP contribution is 2.20. The maximum absolute atomic E-state index is 5.38. The Bertz CT molecular complexity index is 657. The lowest BCUT2D eigenvalue weighted by Crippen LogP contribution is -2.36. The molecule has 23 heavy (non-hydrogen) atoms. The number of ether oxygens (including phenoxy) is 2. The van der Waals surface area contributed by atoms with Crippen LogP contribution < -0.4 is 15.0 Å². The number of aryl methyl sites for hydroxylation is 1. The standard InChI is InChI=1S/C17H22N4O2/c1-13-3-4-14(9-15(13)22-2)11-18-16-10-17(20-12-19-16)21-5-7-23-8-6-21/h3-4,9-10,12H,5-8,11H2,1-2H3,(H,18,19,20). The topological polar surface area (TPSA) is 59.5 Å². The van der Waals surface area contributed by atoms with Gasteiger partial charge in [0.2, 0.25) is 0 Å². The van der Waals surface area contributed by atoms with Crippen LogP contribution in [0, 0.1) is 6.92 Å². The Labute approximate surface area is 136 Å². The van der Waals surface area contributed by atoms with Crippen molar-refractivity contribution in [3.8, 4) is 5.75 Å². The molecule has 1 N–H and O–H groups in total. The summed E-state index contributed by atoms with van der Waals surface area (Å²) in [5, 5.41) is 3.35. The molecule has 1 fully saturated rings. The predicted molar refractivity (Wildman–Crippen MR) is 90.1 cm³/mol. The third kappa shape index (κ3) is 3.90. The van der Waals surface area contributed by atoms with Crippen molar-refractivity contribution in [2.75, 3.05) is 43.6 Å². The minimum Gasteiger partial charge on any atom is -0.496 e. The van der Waals surface area contributed by atoms with Crippen molar-refractivity contribution in [2.24, 2.45) is 0 Å². The zero-order chi connectivity index (χ0) is 16.1. The Morgan fingerprint density at radius 1 is 1.22 bits per heavy atom. The van der Waals surface area contributed by atoms with E-state index in [-0.39, 0.29) is 0 Å². The van der Waals surface area contributed by atoms with Gasteiger partial charge in [0.15, 0.2) is 0 Å². The summed E-state index contributed by atoms with van der Waals surface area (Å²) in [6, 6.07) is 8.19. The van der Waals surface area contributed by atoms with Crippen molar-refractivity contribution in [3.05, 3.63) is 41.7 Å². The third-order valence-corrected chi connectivity index (χ3v) is 3.93. The lowest BCUT2D eigenvalue weighted by molar-refractivity contribution is 0.122. The molecule has 3 rings (SSSR count). The molecule has 1 saturated heterocycles. The van der Waals surface area contributed by atoms with Crippen molar-refractivity contribution in [1.29, 1.82) is 0 Å². The van der Waals surface area contributed by atoms with Gasteiger partial charge in [0.25, 0.3) is 0 Å². The summed E-state index contributed by atoms with van der Waals surface area (Å²) >= 11 is 0. The van der Waals surface area contributed by atoms with Crippen molar-refractivity contribution < 1.29 is 9.47 Å². The summed E-state index contributed by atoms with van der Waals surface area (Å²) in [7, 11) is 1.69. The van der Waals surface area contributed by atoms with Crippen LogP contribution in [0.1, 0.15) is 11.1 Å². The van der Waals surface area contributed by atoms with Crippen LogP contribution >= 0.6 is 0 Å². The van der Waals surface area contributed by atoms with Crippen LogP contribution in [0.4, 0.5) is 11.6 Å². The van der Waals surface area contributed by atoms with Crippen molar-refractivity contribution in [1.82, 2.24) is 9.97 Å². The summed E-state index contributed by atoms with van der Waals surface area (Å²) in [5.74, 6) is 2.66. The minimum absolute atomic E-state index is 0.691. The number of nitrogens with one attached hydrogen (secondary N) is 1. The number of anilines is 2. The summed E-state index contributed by atoms with van der Waals surface area (Å²) in [5.41, 5.74) is 2.28. The molecule has 0 atom stereocenters. The van der Waals surface area contributed by atoms with Gasteiger partial charge in [-0.25, -0.2) is 9.97 Å². The summed E-state index contributed by atoms with van der Waals surface area (Å²) in [6.07, 6.45) is 1.60. The molecular weight excluding hydrogens is 292 g/mol. The van der Waals surface area contributed by atoms with E-state index in [1.807, 2.05) is 19.1 Å². The maximum atomic E-state index is 5.38. The molecule has 6 nitrogen and oxygen atoms in total. The van der Waals surface area contributed by atoms with Gasteiger partial charge >= 0.3 is 0 Å². The fourth-order valence-electron chi connectivity index (χ4n) is 2.58. The first-order chi connectivity index (χ1) is 11.3. The summed E-state index contributed by atoms with van der Waals surface area (Å²) < 4.78 is 10.7. The van der Waals surface area contributed by atoms with Crippen LogP contribution in [0.3, 0.4) is 0 Å². The first-order valence-corrected chi connectivity index (χ1v) is 7.78. The number of aromatic nitrogens is 2. The first kappa shape index (κ1) is 15.6. The highest BCUT2D eigenvalue weighted by Gasteiger charge is 2.13. The van der Waals surface area contributed by atoms with Gasteiger partial charge in [-0.1, -0.05) is 12.1 Å². The number of hydrogen-bond acceptors (Lipinski definition) is 6. The monoisotopic (exact) mass is 314 g/mol. The molecule has 0 saturated carbocycles. The van der Waals surface area contributed by atoms with E-state index in [1.54, 1.807) is 13.4 Å². The van der Waals surface area contributed by atoms with E-state index in [0.717, 1.165) is 54.8 Å². The van der Waals surface area contributed by atoms with Crippen LogP contribution in [-0.4, -0.2) is 43.4 Å². The predicted octanol–water partition coefficient (Wildman–Crippen LogP) is 2.24. The second-order valence-corrected chi connectivity index (χ2v) is 5.52. The smallest absolute Gasteiger partial charge is 0.134 e. The van der Waals surface area contributed by atoms with E-state index in [9.17, 15) is 0 Å². The minimum atomic E-state index is 0.691. The molecule has 0 amide bonds. The number of nitrogens with zero attached hydrogens (tertiary/aromatic N) is 3. The second kappa shape index (κ2) is 7.28. The van der Waals surface area contributed by atoms with Gasteiger partial charge in [-0.05, 0) is 24.1 Å². The van der Waals surface area contributed by atoms with Gasteiger partial charge in [0.1, 0.15) is 23.7 Å². The molecule has 0 bridgehead atoms. The lowest BCUT2D eigenvalue weighted by Gasteiger charge is -2.27. The number of methoxy groups -OCH3 is 1. The molecule has 0 spiro atoms. The molecule has 0 radical (unpaired) electrons. The van der Waals surface area contributed by atoms with Crippen LogP contribution in [0.15, 0.2) is 30.6 Å². The Morgan fingerprint density at radius 3 is 2.83 bits per heavy atom. The Kier molecular flexibility index (Phi) is 4.92. The summed E-state index contributed by atoms with van der Waals surface area (Å²) in [4.78, 5) is 10.9. The average molecular weight is 314 g/mol. The number of benzene rings is 1. The van der Waals surface area contributed by atoms with Gasteiger partial charge < -0.3 is 19.7 Å². The maximum Gasteiger partial charge on any atom is 0.134 e. The van der Waals surface area contributed by atoms with Gasteiger partial charge in [0, 0.05) is 25.7 Å². The van der Waals surface area contributed by atoms with Gasteiger partial charge in [-0.15, -0.1) is 0 Å². The van der Waals surface area contributed by atoms with Crippen molar-refractivity contribution in [2.45, 2.75) is 13.5 Å². The van der Waals surface area contributed by atoms with E-state index >= 15 is 0 Å². The first-order valence-electron chi connectivity index (χ1n) is 7.78. The third-order valence-electron chi connectivity index (χ3n) is 3.93. The second-order valence-electron chi connectivity index (χ2n) is 5.52. The lowest BCUT2D eigenvalue weighted by atomic mass is 10.1. The zero-order valence-electron chi connectivity index (χ0n) is 13.6. The van der Waals surface area contributed by atoms with E-state index in [4.69, 9.17) is 9.47 Å². The van der Waals surface area contributed by atoms with Crippen LogP contribution in [0.2, 0.25) is 0 Å². The molecule has 1 aromatic heterocycles. The molecule has 1 aromatic carbocycles. The van der Waals surface area contributed by atoms with E-state index in [0.29, 0.717) is 6.54 Å². The normalized spacial score (nSPS) is 14.6. The van der Waals surface area contributed by atoms with Crippen LogP contribution in [0.5, 0.6) is 5.75 Å². The molecule has 6 heteroatoms. The fraction of sp³-hybridized carbons (Fsp3) is 0.412. The molecule has 1 aliphatic heterocycles. The Hall–Kier alpha value is -2.34. The Balaban J connectivity index is 1.66. The van der Waals surface area contributed by atoms with Gasteiger partial charge in [0.05, 0.1) is 20.3 Å². The van der Waals surface area contributed by atoms with Crippen LogP contribution in [0.25, 0.3) is 0 Å². The number of rotatable bonds is 5. The summed E-state index contributed by atoms with van der Waals surface area (Å²) in [6.45, 7) is 5.95. The molecule has 0 unspecified atom stereocenters. The number of hydrogen-bond donors (Lipinski definition) is 1. The fourth-order valence-corrected chi connectivity index (χ4v) is 2.58. The van der Waals surface area contributed by atoms with E-state index in [2.05, 4.69) is 32.3 Å². The van der Waals surface area contributed by atoms with Crippen molar-refractivity contribution >= 4 is 11.6 Å². The average Bonchev–Trinajstić information content (AvgIpc) is 2.62. The molecule has 2 heterocycles. The van der Waals surface area contributed by atoms with Crippen LogP contribution in [-0.2, 0) is 11.3 Å². The van der Waals surface area contributed by atoms with Gasteiger partial charge in [-0.2, -0.15) is 0 Å². The van der Waals surface area contributed by atoms with E-state index in [1.165, 1.54) is 0 Å². The SMILES string of the molecule is COc1cc(CNc2cc(N3CCOCC3)ncn2)ccc1C. The zero-order valence-corrected chi connectivity index (χ0v) is 13.6. The Morgan fingerprint density at radius 2 is 2.04 bits per heavy atom. The highest BCUT2D eigenvalue weighted by molar-refractivity contribution is 5.49. The quantitative estimate of drug-likeness (QED) is 0.913. The molecule has 2 aromatic rings.